The Morgan fingerprint density at radius 1 is 1.52 bits per heavy atom. The van der Waals surface area contributed by atoms with Crippen LogP contribution in [0.4, 0.5) is 0 Å². The first kappa shape index (κ1) is 17.7. The first-order valence-corrected chi connectivity index (χ1v) is 8.69. The molecule has 1 aliphatic rings. The second kappa shape index (κ2) is 6.65. The minimum absolute atomic E-state index is 0.0486. The van der Waals surface area contributed by atoms with Gasteiger partial charge in [-0.05, 0) is 24.6 Å². The van der Waals surface area contributed by atoms with Gasteiger partial charge < -0.3 is 14.9 Å². The van der Waals surface area contributed by atoms with Gasteiger partial charge in [0.15, 0.2) is 0 Å². The second-order valence-electron chi connectivity index (χ2n) is 6.43. The molecule has 0 saturated carbocycles. The van der Waals surface area contributed by atoms with Gasteiger partial charge in [-0.3, -0.25) is 14.7 Å². The molecule has 7 heteroatoms. The van der Waals surface area contributed by atoms with Crippen molar-refractivity contribution in [1.29, 1.82) is 0 Å². The Labute approximate surface area is 153 Å². The number of aliphatic hydroxyl groups is 1. The van der Waals surface area contributed by atoms with E-state index in [0.29, 0.717) is 11.3 Å². The molecule has 3 atom stereocenters. The molecule has 1 aliphatic carbocycles. The van der Waals surface area contributed by atoms with E-state index in [4.69, 9.17) is 4.74 Å². The van der Waals surface area contributed by atoms with Crippen LogP contribution in [0.2, 0.25) is 0 Å². The first-order chi connectivity index (χ1) is 11.8. The summed E-state index contributed by atoms with van der Waals surface area (Å²) in [5.41, 5.74) is 0.153. The van der Waals surface area contributed by atoms with Crippen molar-refractivity contribution in [2.24, 2.45) is 5.92 Å². The number of esters is 1. The number of carbonyl (C=O) groups excluding carboxylic acids is 1. The summed E-state index contributed by atoms with van der Waals surface area (Å²) in [4.78, 5) is 25.1. The van der Waals surface area contributed by atoms with Gasteiger partial charge in [-0.2, -0.15) is 0 Å². The Hall–Kier alpha value is -2.12. The minimum Gasteiger partial charge on any atom is -0.461 e. The molecular weight excluding hydrogens is 388 g/mol. The highest BCUT2D eigenvalue weighted by Gasteiger charge is 2.51. The molecule has 0 unspecified atom stereocenters. The topological polar surface area (TPSA) is 95.2 Å². The van der Waals surface area contributed by atoms with Gasteiger partial charge in [0.05, 0.1) is 11.5 Å². The Bertz CT molecular complexity index is 868. The van der Waals surface area contributed by atoms with E-state index in [1.165, 1.54) is 6.08 Å². The van der Waals surface area contributed by atoms with Crippen molar-refractivity contribution < 1.29 is 14.6 Å². The van der Waals surface area contributed by atoms with Gasteiger partial charge in [-0.1, -0.05) is 40.7 Å². The summed E-state index contributed by atoms with van der Waals surface area (Å²) < 4.78 is 6.05. The van der Waals surface area contributed by atoms with Crippen LogP contribution in [-0.4, -0.2) is 33.5 Å². The molecule has 0 bridgehead atoms. The lowest BCUT2D eigenvalue weighted by Crippen LogP contribution is -2.50. The van der Waals surface area contributed by atoms with Crippen molar-refractivity contribution in [3.8, 4) is 0 Å². The molecule has 0 saturated heterocycles. The quantitative estimate of drug-likeness (QED) is 0.535. The molecule has 3 rings (SSSR count). The monoisotopic (exact) mass is 406 g/mol. The van der Waals surface area contributed by atoms with Gasteiger partial charge in [0.1, 0.15) is 6.61 Å². The smallest absolute Gasteiger partial charge is 0.313 e. The van der Waals surface area contributed by atoms with Crippen molar-refractivity contribution in [2.45, 2.75) is 24.9 Å². The van der Waals surface area contributed by atoms with Gasteiger partial charge in [0.2, 0.25) is 0 Å². The predicted molar refractivity (Wildman–Crippen MR) is 96.4 cm³/mol. The Morgan fingerprint density at radius 2 is 2.28 bits per heavy atom. The van der Waals surface area contributed by atoms with E-state index in [9.17, 15) is 14.7 Å². The molecule has 1 heterocycles. The van der Waals surface area contributed by atoms with Crippen molar-refractivity contribution in [3.63, 3.8) is 0 Å². The van der Waals surface area contributed by atoms with E-state index in [2.05, 4.69) is 32.7 Å². The number of aromatic amines is 2. The van der Waals surface area contributed by atoms with Crippen LogP contribution >= 0.6 is 15.9 Å². The van der Waals surface area contributed by atoms with E-state index in [1.54, 1.807) is 6.92 Å². The van der Waals surface area contributed by atoms with E-state index >= 15 is 0 Å². The molecule has 0 spiro atoms. The summed E-state index contributed by atoms with van der Waals surface area (Å²) >= 11 is 3.42. The molecular formula is C18H19BrN2O4. The summed E-state index contributed by atoms with van der Waals surface area (Å²) in [6.07, 6.45) is 1.62. The maximum Gasteiger partial charge on any atom is 0.313 e. The minimum atomic E-state index is -1.37. The molecule has 0 radical (unpaired) electrons. The standard InChI is InChI=1S/C18H19BrN2O4/c1-3-7-25-17(23)15-13(10-5-4-6-11(19)8-10)14-12(9-18(15,2)24)20-21-16(14)22/h3-6,8,13,15,24H,1,7,9H2,2H3,(H2,20,21,22)/t13-,15-,18-/m0/s1. The molecule has 25 heavy (non-hydrogen) atoms. The van der Waals surface area contributed by atoms with Crippen LogP contribution in [0, 0.1) is 5.92 Å². The largest absolute Gasteiger partial charge is 0.461 e. The first-order valence-electron chi connectivity index (χ1n) is 7.90. The summed E-state index contributed by atoms with van der Waals surface area (Å²) in [6, 6.07) is 7.37. The number of benzene rings is 1. The molecule has 3 N–H and O–H groups in total. The van der Waals surface area contributed by atoms with Gasteiger partial charge in [0.25, 0.3) is 5.56 Å². The summed E-state index contributed by atoms with van der Waals surface area (Å²) in [5.74, 6) is -2.09. The van der Waals surface area contributed by atoms with Gasteiger partial charge in [0, 0.05) is 28.1 Å². The molecule has 6 nitrogen and oxygen atoms in total. The van der Waals surface area contributed by atoms with Crippen LogP contribution in [0.25, 0.3) is 0 Å². The predicted octanol–water partition coefficient (Wildman–Crippen LogP) is 2.25. The molecule has 1 aromatic heterocycles. The maximum absolute atomic E-state index is 12.7. The highest BCUT2D eigenvalue weighted by Crippen LogP contribution is 2.44. The fourth-order valence-corrected chi connectivity index (χ4v) is 3.96. The maximum atomic E-state index is 12.7. The van der Waals surface area contributed by atoms with E-state index in [-0.39, 0.29) is 18.6 Å². The Balaban J connectivity index is 2.18. The molecule has 132 valence electrons. The van der Waals surface area contributed by atoms with Crippen LogP contribution in [-0.2, 0) is 16.0 Å². The Morgan fingerprint density at radius 3 is 2.96 bits per heavy atom. The lowest BCUT2D eigenvalue weighted by molar-refractivity contribution is -0.158. The number of H-pyrrole nitrogens is 2. The SMILES string of the molecule is C=CCOC(=O)[C@@H]1[C@@H](c2cccc(Br)c2)c2c([nH][nH]c2=O)C[C@]1(C)O. The number of halogens is 1. The van der Waals surface area contributed by atoms with Crippen molar-refractivity contribution >= 4 is 21.9 Å². The average molecular weight is 407 g/mol. The van der Waals surface area contributed by atoms with Crippen LogP contribution in [0.15, 0.2) is 46.2 Å². The summed E-state index contributed by atoms with van der Waals surface area (Å²) in [5, 5.41) is 16.4. The van der Waals surface area contributed by atoms with E-state index in [0.717, 1.165) is 10.0 Å². The van der Waals surface area contributed by atoms with Crippen LogP contribution in [0.5, 0.6) is 0 Å². The van der Waals surface area contributed by atoms with E-state index < -0.39 is 23.4 Å². The summed E-state index contributed by atoms with van der Waals surface area (Å²) in [7, 11) is 0. The molecule has 0 fully saturated rings. The Kier molecular flexibility index (Phi) is 4.71. The van der Waals surface area contributed by atoms with Crippen molar-refractivity contribution in [3.05, 3.63) is 68.6 Å². The average Bonchev–Trinajstić information content (AvgIpc) is 2.90. The zero-order valence-corrected chi connectivity index (χ0v) is 15.3. The lowest BCUT2D eigenvalue weighted by Gasteiger charge is -2.40. The third kappa shape index (κ3) is 3.21. The number of rotatable bonds is 4. The van der Waals surface area contributed by atoms with Gasteiger partial charge in [-0.15, -0.1) is 0 Å². The number of ether oxygens (including phenoxy) is 1. The number of carbonyl (C=O) groups is 1. The van der Waals surface area contributed by atoms with E-state index in [1.807, 2.05) is 24.3 Å². The second-order valence-corrected chi connectivity index (χ2v) is 7.35. The van der Waals surface area contributed by atoms with Crippen LogP contribution in [0.3, 0.4) is 0 Å². The number of nitrogens with one attached hydrogen (secondary N) is 2. The third-order valence-corrected chi connectivity index (χ3v) is 5.04. The number of aromatic nitrogens is 2. The molecule has 1 aromatic carbocycles. The van der Waals surface area contributed by atoms with Crippen LogP contribution < -0.4 is 5.56 Å². The number of fused-ring (bicyclic) bond motifs is 1. The highest BCUT2D eigenvalue weighted by atomic mass is 79.9. The van der Waals surface area contributed by atoms with Gasteiger partial charge in [-0.25, -0.2) is 0 Å². The van der Waals surface area contributed by atoms with Crippen molar-refractivity contribution in [2.75, 3.05) is 6.61 Å². The number of hydrogen-bond acceptors (Lipinski definition) is 4. The highest BCUT2D eigenvalue weighted by molar-refractivity contribution is 9.10. The molecule has 2 aromatic rings. The fraction of sp³-hybridized carbons (Fsp3) is 0.333. The lowest BCUT2D eigenvalue weighted by atomic mass is 9.66. The number of hydrogen-bond donors (Lipinski definition) is 3. The third-order valence-electron chi connectivity index (χ3n) is 4.55. The zero-order chi connectivity index (χ0) is 18.2. The van der Waals surface area contributed by atoms with Crippen LogP contribution in [0.1, 0.15) is 29.7 Å². The summed E-state index contributed by atoms with van der Waals surface area (Å²) in [6.45, 7) is 5.18. The van der Waals surface area contributed by atoms with Gasteiger partial charge >= 0.3 is 5.97 Å². The molecule has 0 amide bonds. The normalized spacial score (nSPS) is 25.2. The fourth-order valence-electron chi connectivity index (χ4n) is 3.55. The molecule has 0 aliphatic heterocycles. The van der Waals surface area contributed by atoms with Crippen molar-refractivity contribution in [1.82, 2.24) is 10.2 Å². The zero-order valence-electron chi connectivity index (χ0n) is 13.7.